The van der Waals surface area contributed by atoms with Crippen LogP contribution in [0.25, 0.3) is 0 Å². The number of hydrogen-bond donors (Lipinski definition) is 1. The molecular weight excluding hydrogens is 404 g/mol. The number of halogens is 2. The fourth-order valence-electron chi connectivity index (χ4n) is 1.65. The quantitative estimate of drug-likeness (QED) is 0.606. The van der Waals surface area contributed by atoms with Crippen LogP contribution in [0.5, 0.6) is 0 Å². The van der Waals surface area contributed by atoms with Gasteiger partial charge in [-0.2, -0.15) is 5.26 Å². The third-order valence-corrected chi connectivity index (χ3v) is 3.77. The summed E-state index contributed by atoms with van der Waals surface area (Å²) in [5, 5.41) is 22.8. The van der Waals surface area contributed by atoms with Crippen LogP contribution in [0.1, 0.15) is 11.3 Å². The Labute approximate surface area is 137 Å². The number of pyridine rings is 1. The van der Waals surface area contributed by atoms with E-state index in [2.05, 4.69) is 42.2 Å². The Morgan fingerprint density at radius 1 is 1.38 bits per heavy atom. The van der Waals surface area contributed by atoms with Gasteiger partial charge in [0.25, 0.3) is 5.69 Å². The van der Waals surface area contributed by atoms with E-state index in [1.54, 1.807) is 6.20 Å². The monoisotopic (exact) mass is 410 g/mol. The van der Waals surface area contributed by atoms with E-state index >= 15 is 0 Å². The minimum atomic E-state index is -0.521. The SMILES string of the molecule is N#Cc1ccc(NCc2ncc(Br)cc2Br)c([N+](=O)[O-])c1. The summed E-state index contributed by atoms with van der Waals surface area (Å²) in [4.78, 5) is 14.7. The number of nitro groups is 1. The fraction of sp³-hybridized carbons (Fsp3) is 0.0769. The molecule has 0 aliphatic heterocycles. The van der Waals surface area contributed by atoms with Gasteiger partial charge in [-0.05, 0) is 50.1 Å². The van der Waals surface area contributed by atoms with Crippen molar-refractivity contribution in [3.8, 4) is 6.07 Å². The van der Waals surface area contributed by atoms with Crippen LogP contribution in [0.15, 0.2) is 39.4 Å². The van der Waals surface area contributed by atoms with Gasteiger partial charge in [0.1, 0.15) is 5.69 Å². The molecule has 0 fully saturated rings. The van der Waals surface area contributed by atoms with E-state index in [0.29, 0.717) is 12.2 Å². The molecule has 0 saturated carbocycles. The summed E-state index contributed by atoms with van der Waals surface area (Å²) in [5.74, 6) is 0. The normalized spacial score (nSPS) is 9.95. The van der Waals surface area contributed by atoms with Gasteiger partial charge < -0.3 is 5.32 Å². The van der Waals surface area contributed by atoms with Crippen LogP contribution in [0.4, 0.5) is 11.4 Å². The van der Waals surface area contributed by atoms with Gasteiger partial charge >= 0.3 is 0 Å². The van der Waals surface area contributed by atoms with E-state index < -0.39 is 4.92 Å². The predicted molar refractivity (Wildman–Crippen MR) is 84.8 cm³/mol. The van der Waals surface area contributed by atoms with E-state index in [4.69, 9.17) is 5.26 Å². The zero-order valence-corrected chi connectivity index (χ0v) is 13.7. The largest absolute Gasteiger partial charge is 0.374 e. The van der Waals surface area contributed by atoms with Crippen LogP contribution in [0.3, 0.4) is 0 Å². The number of aromatic nitrogens is 1. The van der Waals surface area contributed by atoms with Crippen molar-refractivity contribution in [2.24, 2.45) is 0 Å². The Morgan fingerprint density at radius 2 is 2.14 bits per heavy atom. The molecular formula is C13H8Br2N4O2. The molecule has 0 radical (unpaired) electrons. The van der Waals surface area contributed by atoms with Gasteiger partial charge in [0.15, 0.2) is 0 Å². The van der Waals surface area contributed by atoms with Crippen molar-refractivity contribution in [3.05, 3.63) is 60.8 Å². The number of hydrogen-bond acceptors (Lipinski definition) is 5. The van der Waals surface area contributed by atoms with Crippen molar-refractivity contribution < 1.29 is 4.92 Å². The topological polar surface area (TPSA) is 91.8 Å². The molecule has 0 unspecified atom stereocenters. The molecule has 1 N–H and O–H groups in total. The highest BCUT2D eigenvalue weighted by atomic mass is 79.9. The van der Waals surface area contributed by atoms with Gasteiger partial charge in [-0.3, -0.25) is 15.1 Å². The molecule has 0 atom stereocenters. The summed E-state index contributed by atoms with van der Waals surface area (Å²) >= 11 is 6.69. The van der Waals surface area contributed by atoms with Gasteiger partial charge in [-0.15, -0.1) is 0 Å². The number of nitro benzene ring substituents is 1. The molecule has 2 rings (SSSR count). The maximum Gasteiger partial charge on any atom is 0.293 e. The Balaban J connectivity index is 2.24. The van der Waals surface area contributed by atoms with E-state index in [0.717, 1.165) is 14.6 Å². The van der Waals surface area contributed by atoms with Crippen LogP contribution in [-0.2, 0) is 6.54 Å². The zero-order chi connectivity index (χ0) is 15.4. The maximum absolute atomic E-state index is 11.0. The van der Waals surface area contributed by atoms with Gasteiger partial charge in [0, 0.05) is 21.2 Å². The second-order valence-electron chi connectivity index (χ2n) is 4.04. The Hall–Kier alpha value is -1.98. The molecule has 21 heavy (non-hydrogen) atoms. The number of rotatable bonds is 4. The molecule has 2 aromatic rings. The van der Waals surface area contributed by atoms with Crippen molar-refractivity contribution in [1.82, 2.24) is 4.98 Å². The van der Waals surface area contributed by atoms with Crippen molar-refractivity contribution in [3.63, 3.8) is 0 Å². The molecule has 0 amide bonds. The van der Waals surface area contributed by atoms with Gasteiger partial charge in [0.05, 0.1) is 28.8 Å². The van der Waals surface area contributed by atoms with Crippen molar-refractivity contribution in [1.29, 1.82) is 5.26 Å². The van der Waals surface area contributed by atoms with Gasteiger partial charge in [0.2, 0.25) is 0 Å². The smallest absolute Gasteiger partial charge is 0.293 e. The van der Waals surface area contributed by atoms with Gasteiger partial charge in [-0.25, -0.2) is 0 Å². The Morgan fingerprint density at radius 3 is 2.76 bits per heavy atom. The van der Waals surface area contributed by atoms with Crippen LogP contribution < -0.4 is 5.32 Å². The van der Waals surface area contributed by atoms with Crippen molar-refractivity contribution >= 4 is 43.2 Å². The first-order valence-electron chi connectivity index (χ1n) is 5.73. The minimum absolute atomic E-state index is 0.137. The van der Waals surface area contributed by atoms with E-state index in [-0.39, 0.29) is 11.3 Å². The summed E-state index contributed by atoms with van der Waals surface area (Å²) in [6.45, 7) is 0.320. The molecule has 1 aromatic carbocycles. The molecule has 0 saturated heterocycles. The second-order valence-corrected chi connectivity index (χ2v) is 5.81. The summed E-state index contributed by atoms with van der Waals surface area (Å²) in [7, 11) is 0. The summed E-state index contributed by atoms with van der Waals surface area (Å²) < 4.78 is 1.63. The molecule has 106 valence electrons. The van der Waals surface area contributed by atoms with Gasteiger partial charge in [-0.1, -0.05) is 0 Å². The van der Waals surface area contributed by atoms with E-state index in [1.165, 1.54) is 18.2 Å². The molecule has 0 bridgehead atoms. The average molecular weight is 412 g/mol. The first kappa shape index (κ1) is 15.4. The first-order valence-corrected chi connectivity index (χ1v) is 7.32. The lowest BCUT2D eigenvalue weighted by molar-refractivity contribution is -0.384. The van der Waals surface area contributed by atoms with E-state index in [1.807, 2.05) is 12.1 Å². The number of benzene rings is 1. The predicted octanol–water partition coefficient (Wildman–Crippen LogP) is 4.00. The second kappa shape index (κ2) is 6.65. The van der Waals surface area contributed by atoms with E-state index in [9.17, 15) is 10.1 Å². The molecule has 0 aliphatic rings. The third-order valence-electron chi connectivity index (χ3n) is 2.65. The van der Waals surface area contributed by atoms with Crippen molar-refractivity contribution in [2.45, 2.75) is 6.54 Å². The van der Waals surface area contributed by atoms with Crippen LogP contribution >= 0.6 is 31.9 Å². The number of anilines is 1. The number of nitrogens with zero attached hydrogens (tertiary/aromatic N) is 3. The Kier molecular flexibility index (Phi) is 4.88. The minimum Gasteiger partial charge on any atom is -0.374 e. The summed E-state index contributed by atoms with van der Waals surface area (Å²) in [6, 6.07) is 8.01. The third kappa shape index (κ3) is 3.77. The fourth-order valence-corrected chi connectivity index (χ4v) is 2.78. The average Bonchev–Trinajstić information content (AvgIpc) is 2.46. The first-order chi connectivity index (χ1) is 10.0. The highest BCUT2D eigenvalue weighted by molar-refractivity contribution is 9.11. The number of nitriles is 1. The lowest BCUT2D eigenvalue weighted by atomic mass is 10.2. The molecule has 1 heterocycles. The molecule has 6 nitrogen and oxygen atoms in total. The maximum atomic E-state index is 11.0. The zero-order valence-electron chi connectivity index (χ0n) is 10.5. The van der Waals surface area contributed by atoms with Crippen LogP contribution in [-0.4, -0.2) is 9.91 Å². The Bertz CT molecular complexity index is 743. The molecule has 0 spiro atoms. The lowest BCUT2D eigenvalue weighted by Crippen LogP contribution is -2.05. The molecule has 0 aliphatic carbocycles. The van der Waals surface area contributed by atoms with Crippen molar-refractivity contribution in [2.75, 3.05) is 5.32 Å². The highest BCUT2D eigenvalue weighted by Gasteiger charge is 2.15. The standard InChI is InChI=1S/C13H8Br2N4O2/c14-9-4-10(15)12(17-6-9)7-18-11-2-1-8(5-16)3-13(11)19(20)21/h1-4,6,18H,7H2. The van der Waals surface area contributed by atoms with Crippen LogP contribution in [0, 0.1) is 21.4 Å². The van der Waals surface area contributed by atoms with Crippen LogP contribution in [0.2, 0.25) is 0 Å². The molecule has 1 aromatic heterocycles. The number of nitrogens with one attached hydrogen (secondary N) is 1. The summed E-state index contributed by atoms with van der Waals surface area (Å²) in [6.07, 6.45) is 1.65. The lowest BCUT2D eigenvalue weighted by Gasteiger charge is -2.08. The highest BCUT2D eigenvalue weighted by Crippen LogP contribution is 2.27. The molecule has 8 heteroatoms. The summed E-state index contributed by atoms with van der Waals surface area (Å²) in [5.41, 5.74) is 1.17.